The summed E-state index contributed by atoms with van der Waals surface area (Å²) in [5, 5.41) is 5.75. The molecule has 1 aliphatic heterocycles. The summed E-state index contributed by atoms with van der Waals surface area (Å²) < 4.78 is 19.0. The minimum absolute atomic E-state index is 0.121. The molecule has 1 aromatic carbocycles. The molecule has 2 aromatic rings. The summed E-state index contributed by atoms with van der Waals surface area (Å²) in [6.07, 6.45) is 0. The minimum atomic E-state index is -0.490. The van der Waals surface area contributed by atoms with E-state index in [9.17, 15) is 9.18 Å². The number of morpholine rings is 1. The lowest BCUT2D eigenvalue weighted by molar-refractivity contribution is 0.0398. The average molecular weight is 359 g/mol. The highest BCUT2D eigenvalue weighted by molar-refractivity contribution is 6.03. The van der Waals surface area contributed by atoms with Gasteiger partial charge in [-0.1, -0.05) is 12.1 Å². The summed E-state index contributed by atoms with van der Waals surface area (Å²) in [4.78, 5) is 23.1. The molecule has 0 bridgehead atoms. The van der Waals surface area contributed by atoms with Gasteiger partial charge in [-0.05, 0) is 19.1 Å². The van der Waals surface area contributed by atoms with Gasteiger partial charge in [0.1, 0.15) is 23.2 Å². The molecular weight excluding hydrogens is 337 g/mol. The maximum atomic E-state index is 13.7. The smallest absolute Gasteiger partial charge is 0.274 e. The van der Waals surface area contributed by atoms with Crippen molar-refractivity contribution in [1.82, 2.24) is 14.9 Å². The Hall–Kier alpha value is -2.58. The van der Waals surface area contributed by atoms with Crippen molar-refractivity contribution in [2.24, 2.45) is 0 Å². The highest BCUT2D eigenvalue weighted by Gasteiger charge is 2.13. The van der Waals surface area contributed by atoms with Crippen LogP contribution < -0.4 is 10.6 Å². The second kappa shape index (κ2) is 8.68. The number of aromatic nitrogens is 2. The van der Waals surface area contributed by atoms with Crippen LogP contribution in [0.15, 0.2) is 30.3 Å². The molecule has 1 fully saturated rings. The molecule has 8 heteroatoms. The van der Waals surface area contributed by atoms with E-state index in [2.05, 4.69) is 25.5 Å². The van der Waals surface area contributed by atoms with Crippen molar-refractivity contribution >= 4 is 17.4 Å². The van der Waals surface area contributed by atoms with Crippen LogP contribution >= 0.6 is 0 Å². The minimum Gasteiger partial charge on any atom is -0.379 e. The van der Waals surface area contributed by atoms with E-state index in [0.29, 0.717) is 18.2 Å². The molecule has 0 spiro atoms. The van der Waals surface area contributed by atoms with Crippen LogP contribution in [0.4, 0.5) is 15.9 Å². The van der Waals surface area contributed by atoms with Crippen LogP contribution in [-0.2, 0) is 4.74 Å². The molecule has 3 rings (SSSR count). The monoisotopic (exact) mass is 359 g/mol. The fourth-order valence-corrected chi connectivity index (χ4v) is 2.69. The Balaban J connectivity index is 1.61. The van der Waals surface area contributed by atoms with Gasteiger partial charge in [0.25, 0.3) is 5.91 Å². The third-order valence-electron chi connectivity index (χ3n) is 4.03. The molecule has 2 N–H and O–H groups in total. The van der Waals surface area contributed by atoms with Crippen LogP contribution in [0.2, 0.25) is 0 Å². The highest BCUT2D eigenvalue weighted by atomic mass is 19.1. The molecule has 2 heterocycles. The number of nitrogens with zero attached hydrogens (tertiary/aromatic N) is 3. The summed E-state index contributed by atoms with van der Waals surface area (Å²) in [6.45, 7) is 6.63. The predicted octanol–water partition coefficient (Wildman–Crippen LogP) is 1.92. The van der Waals surface area contributed by atoms with Crippen molar-refractivity contribution < 1.29 is 13.9 Å². The van der Waals surface area contributed by atoms with Gasteiger partial charge in [0.15, 0.2) is 0 Å². The molecule has 0 aliphatic carbocycles. The van der Waals surface area contributed by atoms with Gasteiger partial charge >= 0.3 is 0 Å². The van der Waals surface area contributed by atoms with Gasteiger partial charge in [0.05, 0.1) is 18.9 Å². The number of carbonyl (C=O) groups is 1. The number of carbonyl (C=O) groups excluding carboxylic acids is 1. The zero-order valence-corrected chi connectivity index (χ0v) is 14.7. The molecule has 1 amide bonds. The van der Waals surface area contributed by atoms with Crippen molar-refractivity contribution in [3.8, 4) is 0 Å². The van der Waals surface area contributed by atoms with E-state index >= 15 is 0 Å². The number of amides is 1. The van der Waals surface area contributed by atoms with Gasteiger partial charge in [-0.15, -0.1) is 0 Å². The first-order chi connectivity index (χ1) is 12.6. The van der Waals surface area contributed by atoms with Crippen molar-refractivity contribution in [1.29, 1.82) is 0 Å². The molecule has 138 valence electrons. The molecule has 0 unspecified atom stereocenters. The van der Waals surface area contributed by atoms with Crippen LogP contribution in [0, 0.1) is 12.7 Å². The standard InChI is InChI=1S/C18H22FN5O2/c1-13-21-16(18(25)23-15-5-3-2-4-14(15)19)12-17(22-13)20-6-7-24-8-10-26-11-9-24/h2-5,12H,6-11H2,1H3,(H,23,25)(H,20,21,22). The molecule has 1 aromatic heterocycles. The number of anilines is 2. The number of nitrogens with one attached hydrogen (secondary N) is 2. The highest BCUT2D eigenvalue weighted by Crippen LogP contribution is 2.14. The van der Waals surface area contributed by atoms with Crippen molar-refractivity contribution in [3.05, 3.63) is 47.7 Å². The lowest BCUT2D eigenvalue weighted by Gasteiger charge is -2.26. The van der Waals surface area contributed by atoms with Gasteiger partial charge in [0, 0.05) is 32.2 Å². The largest absolute Gasteiger partial charge is 0.379 e. The molecule has 1 saturated heterocycles. The number of aryl methyl sites for hydroxylation is 1. The molecule has 1 aliphatic rings. The maximum absolute atomic E-state index is 13.7. The quantitative estimate of drug-likeness (QED) is 0.820. The van der Waals surface area contributed by atoms with E-state index in [-0.39, 0.29) is 11.4 Å². The summed E-state index contributed by atoms with van der Waals surface area (Å²) in [7, 11) is 0. The lowest BCUT2D eigenvalue weighted by atomic mass is 10.3. The Morgan fingerprint density at radius 1 is 1.27 bits per heavy atom. The van der Waals surface area contributed by atoms with E-state index in [1.165, 1.54) is 12.1 Å². The SMILES string of the molecule is Cc1nc(NCCN2CCOCC2)cc(C(=O)Nc2ccccc2F)n1. The number of hydrogen-bond acceptors (Lipinski definition) is 6. The van der Waals surface area contributed by atoms with Crippen molar-refractivity contribution in [2.75, 3.05) is 50.0 Å². The molecular formula is C18H22FN5O2. The fourth-order valence-electron chi connectivity index (χ4n) is 2.69. The fraction of sp³-hybridized carbons (Fsp3) is 0.389. The van der Waals surface area contributed by atoms with E-state index in [0.717, 1.165) is 32.8 Å². The number of hydrogen-bond donors (Lipinski definition) is 2. The van der Waals surface area contributed by atoms with E-state index in [1.54, 1.807) is 25.1 Å². The van der Waals surface area contributed by atoms with Gasteiger partial charge in [0.2, 0.25) is 0 Å². The first kappa shape index (κ1) is 18.2. The first-order valence-electron chi connectivity index (χ1n) is 8.57. The number of ether oxygens (including phenoxy) is 1. The maximum Gasteiger partial charge on any atom is 0.274 e. The zero-order chi connectivity index (χ0) is 18.4. The van der Waals surface area contributed by atoms with E-state index in [4.69, 9.17) is 4.74 Å². The number of halogens is 1. The summed E-state index contributed by atoms with van der Waals surface area (Å²) in [6, 6.07) is 7.59. The summed E-state index contributed by atoms with van der Waals surface area (Å²) in [5.74, 6) is 0.0804. The second-order valence-electron chi connectivity index (χ2n) is 6.00. The zero-order valence-electron chi connectivity index (χ0n) is 14.7. The summed E-state index contributed by atoms with van der Waals surface area (Å²) in [5.41, 5.74) is 0.310. The Bertz CT molecular complexity index is 765. The molecule has 0 atom stereocenters. The molecule has 26 heavy (non-hydrogen) atoms. The third kappa shape index (κ3) is 4.96. The van der Waals surface area contributed by atoms with Crippen LogP contribution in [0.3, 0.4) is 0 Å². The van der Waals surface area contributed by atoms with Gasteiger partial charge in [-0.2, -0.15) is 0 Å². The van der Waals surface area contributed by atoms with Crippen molar-refractivity contribution in [2.45, 2.75) is 6.92 Å². The Labute approximate surface area is 151 Å². The molecule has 7 nitrogen and oxygen atoms in total. The van der Waals surface area contributed by atoms with Crippen LogP contribution in [-0.4, -0.2) is 60.2 Å². The van der Waals surface area contributed by atoms with Crippen LogP contribution in [0.25, 0.3) is 0 Å². The van der Waals surface area contributed by atoms with Gasteiger partial charge in [-0.25, -0.2) is 14.4 Å². The van der Waals surface area contributed by atoms with Crippen LogP contribution in [0.5, 0.6) is 0 Å². The third-order valence-corrected chi connectivity index (χ3v) is 4.03. The summed E-state index contributed by atoms with van der Waals surface area (Å²) >= 11 is 0. The topological polar surface area (TPSA) is 79.4 Å². The number of para-hydroxylation sites is 1. The number of benzene rings is 1. The van der Waals surface area contributed by atoms with E-state index < -0.39 is 11.7 Å². The molecule has 0 saturated carbocycles. The normalized spacial score (nSPS) is 14.8. The Morgan fingerprint density at radius 3 is 2.81 bits per heavy atom. The lowest BCUT2D eigenvalue weighted by Crippen LogP contribution is -2.39. The number of rotatable bonds is 6. The average Bonchev–Trinajstić information content (AvgIpc) is 2.64. The van der Waals surface area contributed by atoms with Gasteiger partial charge in [-0.3, -0.25) is 9.69 Å². The van der Waals surface area contributed by atoms with E-state index in [1.807, 2.05) is 0 Å². The van der Waals surface area contributed by atoms with Crippen molar-refractivity contribution in [3.63, 3.8) is 0 Å². The molecule has 0 radical (unpaired) electrons. The Kier molecular flexibility index (Phi) is 6.08. The first-order valence-corrected chi connectivity index (χ1v) is 8.57. The van der Waals surface area contributed by atoms with Crippen LogP contribution in [0.1, 0.15) is 16.3 Å². The van der Waals surface area contributed by atoms with Gasteiger partial charge < -0.3 is 15.4 Å². The predicted molar refractivity (Wildman–Crippen MR) is 96.9 cm³/mol. The Morgan fingerprint density at radius 2 is 2.04 bits per heavy atom. The second-order valence-corrected chi connectivity index (χ2v) is 6.00.